The Morgan fingerprint density at radius 2 is 1.63 bits per heavy atom. The zero-order valence-electron chi connectivity index (χ0n) is 15.2. The molecule has 2 amide bonds. The number of likely N-dealkylation sites (tertiary alicyclic amines) is 1. The lowest BCUT2D eigenvalue weighted by molar-refractivity contribution is -0.120. The van der Waals surface area contributed by atoms with Crippen molar-refractivity contribution in [3.8, 4) is 11.5 Å². The fraction of sp³-hybridized carbons (Fsp3) is 0.300. The van der Waals surface area contributed by atoms with Gasteiger partial charge in [0.1, 0.15) is 17.2 Å². The number of thiophene rings is 1. The molecule has 2 aromatic rings. The number of nitrogens with zero attached hydrogens (tertiary/aromatic N) is 2. The smallest absolute Gasteiger partial charge is 0.282 e. The molecule has 3 heterocycles. The maximum atomic E-state index is 13.3. The summed E-state index contributed by atoms with van der Waals surface area (Å²) in [5.74, 6) is 0.453. The Hall–Kier alpha value is -2.80. The van der Waals surface area contributed by atoms with E-state index < -0.39 is 0 Å². The summed E-state index contributed by atoms with van der Waals surface area (Å²) in [7, 11) is 3.08. The Labute approximate surface area is 161 Å². The normalized spacial score (nSPS) is 17.3. The van der Waals surface area contributed by atoms with Gasteiger partial charge in [-0.1, -0.05) is 6.07 Å². The van der Waals surface area contributed by atoms with Gasteiger partial charge in [-0.2, -0.15) is 0 Å². The summed E-state index contributed by atoms with van der Waals surface area (Å²) in [4.78, 5) is 30.7. The van der Waals surface area contributed by atoms with Gasteiger partial charge in [0.05, 0.1) is 25.5 Å². The highest BCUT2D eigenvalue weighted by molar-refractivity contribution is 7.11. The number of rotatable bonds is 5. The van der Waals surface area contributed by atoms with E-state index in [0.717, 1.165) is 30.8 Å². The van der Waals surface area contributed by atoms with E-state index in [9.17, 15) is 9.59 Å². The van der Waals surface area contributed by atoms with Gasteiger partial charge in [-0.25, -0.2) is 4.90 Å². The van der Waals surface area contributed by atoms with Gasteiger partial charge >= 0.3 is 0 Å². The molecule has 0 atom stereocenters. The Morgan fingerprint density at radius 1 is 0.963 bits per heavy atom. The molecule has 0 radical (unpaired) electrons. The van der Waals surface area contributed by atoms with Crippen LogP contribution >= 0.6 is 11.3 Å². The molecule has 2 aliphatic heterocycles. The summed E-state index contributed by atoms with van der Waals surface area (Å²) in [5, 5.41) is 1.92. The third-order valence-electron chi connectivity index (χ3n) is 4.84. The van der Waals surface area contributed by atoms with Gasteiger partial charge in [0, 0.05) is 36.2 Å². The van der Waals surface area contributed by atoms with Crippen molar-refractivity contribution in [1.29, 1.82) is 0 Å². The third kappa shape index (κ3) is 2.98. The Kier molecular flexibility index (Phi) is 4.61. The van der Waals surface area contributed by atoms with E-state index in [0.29, 0.717) is 28.5 Å². The molecule has 4 rings (SSSR count). The molecule has 0 spiro atoms. The third-order valence-corrected chi connectivity index (χ3v) is 5.73. The van der Waals surface area contributed by atoms with Crippen LogP contribution in [-0.4, -0.2) is 44.0 Å². The van der Waals surface area contributed by atoms with Gasteiger partial charge in [0.2, 0.25) is 0 Å². The number of ether oxygens (including phenoxy) is 2. The molecule has 0 saturated carbocycles. The van der Waals surface area contributed by atoms with Gasteiger partial charge in [-0.3, -0.25) is 9.59 Å². The van der Waals surface area contributed by atoms with Crippen LogP contribution in [0.5, 0.6) is 11.5 Å². The average molecular weight is 384 g/mol. The molecule has 7 heteroatoms. The maximum Gasteiger partial charge on any atom is 0.282 e. The minimum atomic E-state index is -0.306. The maximum absolute atomic E-state index is 13.3. The van der Waals surface area contributed by atoms with Gasteiger partial charge in [-0.15, -0.1) is 11.3 Å². The lowest BCUT2D eigenvalue weighted by atomic mass is 10.2. The lowest BCUT2D eigenvalue weighted by Gasteiger charge is -2.20. The SMILES string of the molecule is COc1cc(OC)cc(N2C(=O)C(c3cccs3)=C(N3CCCC3)C2=O)c1. The first-order chi connectivity index (χ1) is 13.1. The summed E-state index contributed by atoms with van der Waals surface area (Å²) >= 11 is 1.47. The second-order valence-corrected chi connectivity index (χ2v) is 7.36. The largest absolute Gasteiger partial charge is 0.497 e. The van der Waals surface area contributed by atoms with Gasteiger partial charge in [0.15, 0.2) is 0 Å². The second kappa shape index (κ2) is 7.08. The van der Waals surface area contributed by atoms with Gasteiger partial charge in [0.25, 0.3) is 11.8 Å². The Bertz CT molecular complexity index is 892. The van der Waals surface area contributed by atoms with Gasteiger partial charge in [-0.05, 0) is 24.3 Å². The lowest BCUT2D eigenvalue weighted by Crippen LogP contribution is -2.34. The van der Waals surface area contributed by atoms with Crippen LogP contribution in [0.2, 0.25) is 0 Å². The molecule has 27 heavy (non-hydrogen) atoms. The quantitative estimate of drug-likeness (QED) is 0.741. The summed E-state index contributed by atoms with van der Waals surface area (Å²) in [6.45, 7) is 1.58. The fourth-order valence-corrected chi connectivity index (χ4v) is 4.31. The summed E-state index contributed by atoms with van der Waals surface area (Å²) in [6.07, 6.45) is 2.05. The van der Waals surface area contributed by atoms with Crippen molar-refractivity contribution in [2.24, 2.45) is 0 Å². The van der Waals surface area contributed by atoms with E-state index in [-0.39, 0.29) is 11.8 Å². The van der Waals surface area contributed by atoms with Crippen molar-refractivity contribution >= 4 is 34.4 Å². The molecule has 2 aliphatic rings. The molecule has 6 nitrogen and oxygen atoms in total. The first kappa shape index (κ1) is 17.6. The molecule has 1 aromatic heterocycles. The molecule has 140 valence electrons. The Balaban J connectivity index is 1.82. The van der Waals surface area contributed by atoms with Crippen LogP contribution in [0.4, 0.5) is 5.69 Å². The molecule has 1 saturated heterocycles. The number of imide groups is 1. The molecule has 1 fully saturated rings. The van der Waals surface area contributed by atoms with Crippen LogP contribution in [0.25, 0.3) is 5.57 Å². The molecular formula is C20H20N2O4S. The number of carbonyl (C=O) groups excluding carboxylic acids is 2. The molecule has 0 unspecified atom stereocenters. The number of methoxy groups -OCH3 is 2. The van der Waals surface area contributed by atoms with Crippen molar-refractivity contribution in [1.82, 2.24) is 4.90 Å². The van der Waals surface area contributed by atoms with Crippen LogP contribution in [-0.2, 0) is 9.59 Å². The van der Waals surface area contributed by atoms with Gasteiger partial charge < -0.3 is 14.4 Å². The van der Waals surface area contributed by atoms with Crippen LogP contribution in [0.3, 0.4) is 0 Å². The Morgan fingerprint density at radius 3 is 2.19 bits per heavy atom. The highest BCUT2D eigenvalue weighted by atomic mass is 32.1. The molecule has 0 bridgehead atoms. The van der Waals surface area contributed by atoms with E-state index >= 15 is 0 Å². The van der Waals surface area contributed by atoms with Crippen molar-refractivity contribution in [2.45, 2.75) is 12.8 Å². The summed E-state index contributed by atoms with van der Waals surface area (Å²) in [5.41, 5.74) is 1.44. The van der Waals surface area contributed by atoms with Crippen molar-refractivity contribution < 1.29 is 19.1 Å². The van der Waals surface area contributed by atoms with Crippen LogP contribution in [0.15, 0.2) is 41.4 Å². The highest BCUT2D eigenvalue weighted by Crippen LogP contribution is 2.39. The number of benzene rings is 1. The van der Waals surface area contributed by atoms with Crippen molar-refractivity contribution in [2.75, 3.05) is 32.2 Å². The molecule has 0 aliphatic carbocycles. The molecule has 0 N–H and O–H groups in total. The summed E-state index contributed by atoms with van der Waals surface area (Å²) in [6, 6.07) is 8.85. The highest BCUT2D eigenvalue weighted by Gasteiger charge is 2.43. The predicted molar refractivity (Wildman–Crippen MR) is 104 cm³/mol. The predicted octanol–water partition coefficient (Wildman–Crippen LogP) is 3.15. The fourth-order valence-electron chi connectivity index (χ4n) is 3.55. The van der Waals surface area contributed by atoms with Crippen molar-refractivity contribution in [3.63, 3.8) is 0 Å². The number of carbonyl (C=O) groups is 2. The summed E-state index contributed by atoms with van der Waals surface area (Å²) < 4.78 is 10.6. The molecular weight excluding hydrogens is 364 g/mol. The molecule has 1 aromatic carbocycles. The van der Waals surface area contributed by atoms with E-state index in [4.69, 9.17) is 9.47 Å². The average Bonchev–Trinajstić information content (AvgIpc) is 3.42. The number of hydrogen-bond acceptors (Lipinski definition) is 6. The van der Waals surface area contributed by atoms with Crippen molar-refractivity contribution in [3.05, 3.63) is 46.3 Å². The number of anilines is 1. The van der Waals surface area contributed by atoms with E-state index in [1.54, 1.807) is 18.2 Å². The first-order valence-electron chi connectivity index (χ1n) is 8.79. The standard InChI is InChI=1S/C20H20N2O4S/c1-25-14-10-13(11-15(12-14)26-2)22-19(23)17(16-6-5-9-27-16)18(20(22)24)21-7-3-4-8-21/h5-6,9-12H,3-4,7-8H2,1-2H3. The second-order valence-electron chi connectivity index (χ2n) is 6.41. The zero-order chi connectivity index (χ0) is 19.0. The monoisotopic (exact) mass is 384 g/mol. The zero-order valence-corrected chi connectivity index (χ0v) is 16.0. The van der Waals surface area contributed by atoms with E-state index in [1.165, 1.54) is 30.5 Å². The minimum Gasteiger partial charge on any atom is -0.497 e. The number of amides is 2. The van der Waals surface area contributed by atoms with E-state index in [2.05, 4.69) is 0 Å². The number of hydrogen-bond donors (Lipinski definition) is 0. The first-order valence-corrected chi connectivity index (χ1v) is 9.67. The minimum absolute atomic E-state index is 0.291. The van der Waals surface area contributed by atoms with Crippen LogP contribution in [0, 0.1) is 0 Å². The van der Waals surface area contributed by atoms with Crippen LogP contribution in [0.1, 0.15) is 17.7 Å². The topological polar surface area (TPSA) is 59.1 Å². The van der Waals surface area contributed by atoms with Crippen LogP contribution < -0.4 is 14.4 Å². The van der Waals surface area contributed by atoms with E-state index in [1.807, 2.05) is 22.4 Å².